The highest BCUT2D eigenvalue weighted by atomic mass is 127. The molecule has 59 heteroatoms. The summed E-state index contributed by atoms with van der Waals surface area (Å²) >= 11 is 49.9. The smallest absolute Gasteiger partial charge is 0.367 e. The van der Waals surface area contributed by atoms with Crippen molar-refractivity contribution < 1.29 is 148 Å². The minimum atomic E-state index is -6.24. The Labute approximate surface area is 1170 Å². The van der Waals surface area contributed by atoms with Crippen LogP contribution in [0.15, 0.2) is 97.1 Å². The standard InChI is InChI=1S/C34H21F2I9O11S.C31H21I9O10S.C23H18I6O9S/c35-34(36,57(50,51)52)13-53-29(49)30-7-31(54-26(46)16-3-14(37)5-20(41)23(16)43)10-32(8-30,55-27(47)17-4-15(38)6-21(42)24(17)44)12-33(9-30,11-31)56-28(48)22-18(39)1-2-19(40)25(22)45;32-13-5-17(26(38)20(35)8-13)23(41)4-12-3-16(49-29(42)18-6-14(33)9-21(36)27(18)39)11-24(25(12)31(44)48-1-2-51(45,46)47)50-30(43)19-7-15(34)10-22(37)28(19)40;24-11-5-15(19(28)17(26)7-11)22(31)37-13-3-10(21(30)36-1-2-39(33,34)35)4-14(9-13)38-23(32)16-6-12(25)8-18(27)20(16)29/h1-6H,7-13H2,(H,50,51,52);5-10,12,16,24-25H,1-4,11H2,(H,45,46,47);5-8,10,13-14H,1-4,9H2,(H,33,34,35)/p-3. The van der Waals surface area contributed by atoms with Crippen molar-refractivity contribution in [3.8, 4) is 0 Å². The number of ether oxygens (including phenoxy) is 10. The van der Waals surface area contributed by atoms with Gasteiger partial charge in [-0.15, -0.1) is 0 Å². The zero-order chi connectivity index (χ0) is 109. The summed E-state index contributed by atoms with van der Waals surface area (Å²) in [6.45, 7) is -3.40. The van der Waals surface area contributed by atoms with Crippen molar-refractivity contribution in [2.45, 2.75) is 124 Å². The molecule has 6 fully saturated rings. The van der Waals surface area contributed by atoms with Gasteiger partial charge in [0, 0.05) is 149 Å². The average molecular weight is 4770 g/mol. The molecule has 8 aromatic carbocycles. The Morgan fingerprint density at radius 3 is 0.973 bits per heavy atom. The molecule has 0 N–H and O–H groups in total. The second-order valence-corrected chi connectivity index (χ2v) is 65.7. The van der Waals surface area contributed by atoms with Crippen LogP contribution in [0.1, 0.15) is 160 Å². The molecule has 8 aromatic rings. The largest absolute Gasteiger partial charge is 0.748 e. The molecule has 0 heterocycles. The third-order valence-corrected chi connectivity index (χ3v) is 54.5. The quantitative estimate of drug-likeness (QED) is 0.0105. The summed E-state index contributed by atoms with van der Waals surface area (Å²) in [5.74, 6) is -13.0. The van der Waals surface area contributed by atoms with E-state index in [4.69, 9.17) is 47.4 Å². The highest BCUT2D eigenvalue weighted by molar-refractivity contribution is 14.1. The molecule has 0 spiro atoms. The van der Waals surface area contributed by atoms with E-state index in [9.17, 15) is 100 Å². The molecule has 0 saturated heterocycles. The lowest BCUT2D eigenvalue weighted by molar-refractivity contribution is -0.278. The van der Waals surface area contributed by atoms with Crippen LogP contribution in [0, 0.1) is 109 Å². The number of halogens is 26. The minimum Gasteiger partial charge on any atom is -0.748 e. The predicted molar refractivity (Wildman–Crippen MR) is 727 cm³/mol. The first kappa shape index (κ1) is 132. The Balaban J connectivity index is 0.000000213. The van der Waals surface area contributed by atoms with Crippen molar-refractivity contribution >= 4 is 638 Å². The number of carbonyl (C=O) groups is 11. The van der Waals surface area contributed by atoms with Crippen LogP contribution in [0.4, 0.5) is 8.78 Å². The third kappa shape index (κ3) is 35.5. The van der Waals surface area contributed by atoms with Crippen molar-refractivity contribution in [2.75, 3.05) is 31.3 Å². The fourth-order valence-electron chi connectivity index (χ4n) is 17.3. The van der Waals surface area contributed by atoms with E-state index in [-0.39, 0.29) is 105 Å². The molecule has 0 radical (unpaired) electrons. The summed E-state index contributed by atoms with van der Waals surface area (Å²) < 4.78 is 206. The lowest BCUT2D eigenvalue weighted by Gasteiger charge is -2.66. The Morgan fingerprint density at radius 1 is 0.333 bits per heavy atom. The fourth-order valence-corrected chi connectivity index (χ4v) is 37.1. The van der Waals surface area contributed by atoms with Gasteiger partial charge in [0.2, 0.25) is 0 Å². The van der Waals surface area contributed by atoms with Gasteiger partial charge in [0.05, 0.1) is 87.9 Å². The van der Waals surface area contributed by atoms with E-state index in [1.807, 2.05) is 161 Å². The van der Waals surface area contributed by atoms with Crippen molar-refractivity contribution in [3.63, 3.8) is 0 Å². The van der Waals surface area contributed by atoms with E-state index < -0.39 is 191 Å². The number of esters is 10. The highest BCUT2D eigenvalue weighted by Gasteiger charge is 2.76. The maximum Gasteiger partial charge on any atom is 0.367 e. The van der Waals surface area contributed by atoms with Gasteiger partial charge in [0.15, 0.2) is 22.5 Å². The molecule has 8 atom stereocenters. The molecular weight excluding hydrogens is 4720 g/mol. The van der Waals surface area contributed by atoms with Crippen LogP contribution in [-0.2, 0) is 92.1 Å². The molecule has 6 aliphatic carbocycles. The topological polar surface area (TPSA) is 452 Å². The molecule has 14 rings (SSSR count). The van der Waals surface area contributed by atoms with Gasteiger partial charge in [-0.05, 0) is 664 Å². The SMILES string of the molecule is O=C(CC1CC(OC(=O)c2cc(I)cc(I)c2I)CC(OC(=O)c2cc(I)cc(I)c2I)C1C(=O)OCCS(=O)(=O)[O-])c1cc(I)cc(I)c1I.O=C(OC12CC3(OC(=O)c4cc(I)cc(I)c4I)CC(OC(=O)c4c(I)ccc(I)c4I)(C1)CC(C(=O)OCC(F)(F)S(=O)(=O)[O-])(C2)C3)c1cc(I)cc(I)c1I.O=C(OC1CC(OC(=O)c2cc(I)cc(I)c2I)CC(C(=O)OCCS(=O)(=O)[O-])C1)c1cc(I)cc(I)c1I. The van der Waals surface area contributed by atoms with E-state index in [1.54, 1.807) is 48.5 Å². The summed E-state index contributed by atoms with van der Waals surface area (Å²) in [4.78, 5) is 151. The van der Waals surface area contributed by atoms with Crippen LogP contribution < -0.4 is 0 Å². The molecule has 4 bridgehead atoms. The molecule has 0 aliphatic heterocycles. The number of alkyl halides is 2. The Bertz CT molecular complexity index is 6830. The zero-order valence-corrected chi connectivity index (χ0v) is 127. The molecule has 792 valence electrons. The second-order valence-electron chi connectivity index (χ2n) is 33.4. The van der Waals surface area contributed by atoms with Gasteiger partial charge < -0.3 is 61.0 Å². The van der Waals surface area contributed by atoms with Crippen LogP contribution in [0.2, 0.25) is 0 Å². The summed E-state index contributed by atoms with van der Waals surface area (Å²) in [6.07, 6.45) is -5.07. The van der Waals surface area contributed by atoms with E-state index >= 15 is 0 Å². The lowest BCUT2D eigenvalue weighted by atomic mass is 9.44. The van der Waals surface area contributed by atoms with Crippen LogP contribution in [0.5, 0.6) is 0 Å². The minimum absolute atomic E-state index is 0.0407. The maximum absolute atomic E-state index is 14.5. The van der Waals surface area contributed by atoms with E-state index in [0.717, 1.165) is 64.3 Å². The average Bonchev–Trinajstić information content (AvgIpc) is 0.674. The summed E-state index contributed by atoms with van der Waals surface area (Å²) in [5, 5.41) is -4.97. The molecule has 8 unspecified atom stereocenters. The van der Waals surface area contributed by atoms with Gasteiger partial charge in [-0.1, -0.05) is 0 Å². The Morgan fingerprint density at radius 2 is 0.633 bits per heavy atom. The number of rotatable bonds is 29. The monoisotopic (exact) mass is 4770 g/mol. The first-order valence-corrected chi connectivity index (χ1v) is 71.5. The maximum atomic E-state index is 14.5. The Kier molecular flexibility index (Phi) is 50.7. The fraction of sp³-hybridized carbons (Fsp3) is 0.330. The van der Waals surface area contributed by atoms with E-state index in [0.29, 0.717) is 43.7 Å². The van der Waals surface area contributed by atoms with Gasteiger partial charge in [0.25, 0.3) is 0 Å². The molecule has 147 heavy (non-hydrogen) atoms. The molecule has 0 aromatic heterocycles. The van der Waals surface area contributed by atoms with Crippen LogP contribution in [-0.4, -0.2) is 182 Å². The van der Waals surface area contributed by atoms with Gasteiger partial charge in [0.1, 0.15) is 54.4 Å². The molecule has 6 saturated carbocycles. The summed E-state index contributed by atoms with van der Waals surface area (Å²) in [7, 11) is -15.5. The van der Waals surface area contributed by atoms with Gasteiger partial charge >= 0.3 is 64.9 Å². The number of hydrogen-bond donors (Lipinski definition) is 0. The number of ketones is 1. The number of benzene rings is 8. The Hall–Kier alpha value is 5.24. The van der Waals surface area contributed by atoms with E-state index in [1.165, 1.54) is 0 Å². The van der Waals surface area contributed by atoms with Gasteiger partial charge in [-0.3, -0.25) is 19.2 Å². The first-order valence-electron chi connectivity index (χ1n) is 41.1. The molecule has 6 aliphatic rings. The third-order valence-electron chi connectivity index (χ3n) is 22.7. The predicted octanol–water partition coefficient (Wildman–Crippen LogP) is 25.5. The first-order chi connectivity index (χ1) is 68.1. The summed E-state index contributed by atoms with van der Waals surface area (Å²) in [6, 6.07) is 28.6. The van der Waals surface area contributed by atoms with E-state index in [2.05, 4.69) is 429 Å². The van der Waals surface area contributed by atoms with Crippen LogP contribution in [0.3, 0.4) is 0 Å². The van der Waals surface area contributed by atoms with Gasteiger partial charge in [-0.25, -0.2) is 58.8 Å². The number of Topliss-reactive ketones (excluding diaryl/α,β-unsaturated/α-hetero) is 1. The van der Waals surface area contributed by atoms with Crippen molar-refractivity contribution in [3.05, 3.63) is 227 Å². The number of hydrogen-bond acceptors (Lipinski definition) is 30. The van der Waals surface area contributed by atoms with Crippen molar-refractivity contribution in [1.82, 2.24) is 0 Å². The second kappa shape index (κ2) is 56.3. The van der Waals surface area contributed by atoms with Crippen LogP contribution in [0.25, 0.3) is 0 Å². The lowest BCUT2D eigenvalue weighted by Crippen LogP contribution is -2.73. The van der Waals surface area contributed by atoms with Gasteiger partial charge in [-0.2, -0.15) is 8.78 Å². The molecule has 30 nitrogen and oxygen atoms in total. The molecular formula is C88H57F2I24O30S3-3. The normalized spacial score (nSPS) is 21.5. The van der Waals surface area contributed by atoms with Crippen molar-refractivity contribution in [1.29, 1.82) is 0 Å². The number of carbonyl (C=O) groups excluding carboxylic acids is 11. The van der Waals surface area contributed by atoms with Crippen LogP contribution >= 0.6 is 542 Å². The summed E-state index contributed by atoms with van der Waals surface area (Å²) in [5.41, 5.74) is -4.66. The highest BCUT2D eigenvalue weighted by Crippen LogP contribution is 2.69. The van der Waals surface area contributed by atoms with Crippen molar-refractivity contribution in [2.24, 2.45) is 23.2 Å². The zero-order valence-electron chi connectivity index (χ0n) is 72.6. The molecule has 0 amide bonds.